The van der Waals surface area contributed by atoms with E-state index in [4.69, 9.17) is 9.72 Å². The molecule has 0 saturated carbocycles. The summed E-state index contributed by atoms with van der Waals surface area (Å²) in [6, 6.07) is 7.64. The Morgan fingerprint density at radius 3 is 2.86 bits per heavy atom. The molecule has 4 heterocycles. The van der Waals surface area contributed by atoms with Crippen molar-refractivity contribution in [1.29, 1.82) is 0 Å². The molecule has 29 heavy (non-hydrogen) atoms. The SMILES string of the molecule is CC1(CNc2cccc(-c3ccnc(NC(=O)C4CCNC4)n3)n2)CCOCC1. The molecular weight excluding hydrogens is 368 g/mol. The van der Waals surface area contributed by atoms with Gasteiger partial charge in [-0.15, -0.1) is 0 Å². The van der Waals surface area contributed by atoms with Crippen LogP contribution in [0.3, 0.4) is 0 Å². The van der Waals surface area contributed by atoms with E-state index < -0.39 is 0 Å². The van der Waals surface area contributed by atoms with Gasteiger partial charge >= 0.3 is 0 Å². The fraction of sp³-hybridized carbons (Fsp3) is 0.524. The topological polar surface area (TPSA) is 101 Å². The Labute approximate surface area is 170 Å². The lowest BCUT2D eigenvalue weighted by Gasteiger charge is -2.33. The average Bonchev–Trinajstić information content (AvgIpc) is 3.29. The molecule has 0 spiro atoms. The highest BCUT2D eigenvalue weighted by Gasteiger charge is 2.27. The van der Waals surface area contributed by atoms with E-state index in [-0.39, 0.29) is 17.2 Å². The molecule has 1 unspecified atom stereocenters. The van der Waals surface area contributed by atoms with Crippen LogP contribution in [0, 0.1) is 11.3 Å². The third-order valence-electron chi connectivity index (χ3n) is 5.73. The second-order valence-electron chi connectivity index (χ2n) is 8.13. The van der Waals surface area contributed by atoms with Crippen molar-refractivity contribution in [2.45, 2.75) is 26.2 Å². The lowest BCUT2D eigenvalue weighted by Crippen LogP contribution is -2.33. The van der Waals surface area contributed by atoms with Gasteiger partial charge in [0.15, 0.2) is 0 Å². The minimum atomic E-state index is -0.0415. The van der Waals surface area contributed by atoms with Gasteiger partial charge in [0.05, 0.1) is 17.3 Å². The minimum absolute atomic E-state index is 0.0283. The molecule has 2 saturated heterocycles. The standard InChI is InChI=1S/C21H28N6O2/c1-21(7-11-29-12-8-21)14-24-18-4-2-3-16(25-18)17-6-10-23-20(26-17)27-19(28)15-5-9-22-13-15/h2-4,6,10,15,22H,5,7-9,11-14H2,1H3,(H,24,25)(H,23,26,27,28). The highest BCUT2D eigenvalue weighted by molar-refractivity contribution is 5.91. The number of nitrogens with one attached hydrogen (secondary N) is 3. The van der Waals surface area contributed by atoms with Crippen molar-refractivity contribution >= 4 is 17.7 Å². The number of carbonyl (C=O) groups is 1. The zero-order chi connectivity index (χ0) is 20.1. The minimum Gasteiger partial charge on any atom is -0.381 e. The number of aromatic nitrogens is 3. The molecule has 2 aliphatic heterocycles. The van der Waals surface area contributed by atoms with E-state index in [1.54, 1.807) is 12.3 Å². The molecule has 0 bridgehead atoms. The molecule has 0 radical (unpaired) electrons. The molecule has 8 heteroatoms. The van der Waals surface area contributed by atoms with E-state index in [0.717, 1.165) is 57.1 Å². The molecule has 1 atom stereocenters. The Kier molecular flexibility index (Phi) is 6.01. The van der Waals surface area contributed by atoms with E-state index in [1.165, 1.54) is 0 Å². The summed E-state index contributed by atoms with van der Waals surface area (Å²) in [7, 11) is 0. The number of ether oxygens (including phenoxy) is 1. The first-order valence-electron chi connectivity index (χ1n) is 10.3. The van der Waals surface area contributed by atoms with Crippen molar-refractivity contribution < 1.29 is 9.53 Å². The van der Waals surface area contributed by atoms with Gasteiger partial charge in [0, 0.05) is 32.5 Å². The van der Waals surface area contributed by atoms with Crippen molar-refractivity contribution in [1.82, 2.24) is 20.3 Å². The molecule has 2 aromatic rings. The van der Waals surface area contributed by atoms with Crippen LogP contribution < -0.4 is 16.0 Å². The summed E-state index contributed by atoms with van der Waals surface area (Å²) in [6.07, 6.45) is 4.58. The van der Waals surface area contributed by atoms with Crippen molar-refractivity contribution in [3.8, 4) is 11.4 Å². The van der Waals surface area contributed by atoms with Crippen LogP contribution in [0.4, 0.5) is 11.8 Å². The number of nitrogens with zero attached hydrogens (tertiary/aromatic N) is 3. The number of anilines is 2. The highest BCUT2D eigenvalue weighted by Crippen LogP contribution is 2.30. The van der Waals surface area contributed by atoms with Crippen LogP contribution in [0.25, 0.3) is 11.4 Å². The maximum atomic E-state index is 12.3. The van der Waals surface area contributed by atoms with E-state index in [2.05, 4.69) is 32.8 Å². The smallest absolute Gasteiger partial charge is 0.231 e. The Balaban J connectivity index is 1.43. The quantitative estimate of drug-likeness (QED) is 0.689. The van der Waals surface area contributed by atoms with Gasteiger partial charge in [0.25, 0.3) is 0 Å². The summed E-state index contributed by atoms with van der Waals surface area (Å²) in [5, 5.41) is 9.48. The van der Waals surface area contributed by atoms with E-state index in [0.29, 0.717) is 18.2 Å². The highest BCUT2D eigenvalue weighted by atomic mass is 16.5. The third kappa shape index (κ3) is 5.07. The second kappa shape index (κ2) is 8.84. The summed E-state index contributed by atoms with van der Waals surface area (Å²) in [5.41, 5.74) is 1.64. The first kappa shape index (κ1) is 19.7. The van der Waals surface area contributed by atoms with Crippen LogP contribution >= 0.6 is 0 Å². The fourth-order valence-electron chi connectivity index (χ4n) is 3.67. The molecule has 0 aromatic carbocycles. The van der Waals surface area contributed by atoms with Crippen LogP contribution in [0.1, 0.15) is 26.2 Å². The monoisotopic (exact) mass is 396 g/mol. The molecule has 1 amide bonds. The number of rotatable bonds is 6. The Morgan fingerprint density at radius 1 is 1.24 bits per heavy atom. The summed E-state index contributed by atoms with van der Waals surface area (Å²) in [5.74, 6) is 1.06. The maximum Gasteiger partial charge on any atom is 0.231 e. The summed E-state index contributed by atoms with van der Waals surface area (Å²) < 4.78 is 5.47. The van der Waals surface area contributed by atoms with Crippen molar-refractivity contribution in [2.75, 3.05) is 43.5 Å². The zero-order valence-electron chi connectivity index (χ0n) is 16.8. The van der Waals surface area contributed by atoms with Crippen LogP contribution in [0.2, 0.25) is 0 Å². The van der Waals surface area contributed by atoms with Gasteiger partial charge in [-0.25, -0.2) is 15.0 Å². The van der Waals surface area contributed by atoms with Crippen molar-refractivity contribution in [3.05, 3.63) is 30.5 Å². The van der Waals surface area contributed by atoms with Gasteiger partial charge in [-0.05, 0) is 49.4 Å². The van der Waals surface area contributed by atoms with Crippen molar-refractivity contribution in [2.24, 2.45) is 11.3 Å². The van der Waals surface area contributed by atoms with Gasteiger partial charge in [-0.1, -0.05) is 13.0 Å². The lowest BCUT2D eigenvalue weighted by molar-refractivity contribution is -0.119. The molecule has 154 valence electrons. The van der Waals surface area contributed by atoms with Crippen LogP contribution in [-0.4, -0.2) is 53.7 Å². The van der Waals surface area contributed by atoms with Crippen LogP contribution in [0.5, 0.6) is 0 Å². The molecule has 8 nitrogen and oxygen atoms in total. The molecule has 3 N–H and O–H groups in total. The summed E-state index contributed by atoms with van der Waals surface area (Å²) in [6.45, 7) is 6.34. The van der Waals surface area contributed by atoms with Gasteiger partial charge in [-0.3, -0.25) is 10.1 Å². The Hall–Kier alpha value is -2.58. The molecule has 2 fully saturated rings. The first-order valence-corrected chi connectivity index (χ1v) is 10.3. The zero-order valence-corrected chi connectivity index (χ0v) is 16.8. The second-order valence-corrected chi connectivity index (χ2v) is 8.13. The van der Waals surface area contributed by atoms with Crippen LogP contribution in [-0.2, 0) is 9.53 Å². The molecular formula is C21H28N6O2. The average molecular weight is 396 g/mol. The lowest BCUT2D eigenvalue weighted by atomic mass is 9.82. The van der Waals surface area contributed by atoms with E-state index in [9.17, 15) is 4.79 Å². The summed E-state index contributed by atoms with van der Waals surface area (Å²) in [4.78, 5) is 25.7. The molecule has 2 aliphatic rings. The van der Waals surface area contributed by atoms with Gasteiger partial charge in [0.1, 0.15) is 5.82 Å². The number of carbonyl (C=O) groups excluding carboxylic acids is 1. The Morgan fingerprint density at radius 2 is 2.07 bits per heavy atom. The number of hydrogen-bond acceptors (Lipinski definition) is 7. The number of hydrogen-bond donors (Lipinski definition) is 3. The van der Waals surface area contributed by atoms with Crippen molar-refractivity contribution in [3.63, 3.8) is 0 Å². The normalized spacial score (nSPS) is 20.9. The predicted molar refractivity (Wildman–Crippen MR) is 112 cm³/mol. The number of amides is 1. The third-order valence-corrected chi connectivity index (χ3v) is 5.73. The van der Waals surface area contributed by atoms with E-state index in [1.807, 2.05) is 18.2 Å². The Bertz CT molecular complexity index is 847. The molecule has 0 aliphatic carbocycles. The summed E-state index contributed by atoms with van der Waals surface area (Å²) >= 11 is 0. The fourth-order valence-corrected chi connectivity index (χ4v) is 3.67. The number of pyridine rings is 1. The molecule has 2 aromatic heterocycles. The molecule has 4 rings (SSSR count). The largest absolute Gasteiger partial charge is 0.381 e. The van der Waals surface area contributed by atoms with E-state index >= 15 is 0 Å². The van der Waals surface area contributed by atoms with Crippen LogP contribution in [0.15, 0.2) is 30.5 Å². The van der Waals surface area contributed by atoms with Gasteiger partial charge < -0.3 is 15.4 Å². The first-order chi connectivity index (χ1) is 14.1. The predicted octanol–water partition coefficient (Wildman–Crippen LogP) is 2.32. The van der Waals surface area contributed by atoms with Gasteiger partial charge in [-0.2, -0.15) is 0 Å². The van der Waals surface area contributed by atoms with Gasteiger partial charge in [0.2, 0.25) is 11.9 Å². The maximum absolute atomic E-state index is 12.3.